The molecule has 4 rings (SSSR count). The van der Waals surface area contributed by atoms with Gasteiger partial charge in [-0.05, 0) is 58.9 Å². The number of nitrogens with one attached hydrogen (secondary N) is 1. The minimum absolute atomic E-state index is 0.0209. The Bertz CT molecular complexity index is 1640. The second-order valence-electron chi connectivity index (χ2n) is 11.2. The number of amides is 2. The number of carbonyl (C=O) groups excluding carboxylic acids is 2. The van der Waals surface area contributed by atoms with Crippen LogP contribution in [0.5, 0.6) is 5.75 Å². The lowest BCUT2D eigenvalue weighted by molar-refractivity contribution is -0.129. The number of sulfonamides is 1. The molecular weight excluding hydrogens is 560 g/mol. The molecule has 0 fully saturated rings. The summed E-state index contributed by atoms with van der Waals surface area (Å²) in [4.78, 5) is 27.2. The predicted molar refractivity (Wildman–Crippen MR) is 159 cm³/mol. The summed E-state index contributed by atoms with van der Waals surface area (Å²) < 4.78 is 43.1. The van der Waals surface area contributed by atoms with E-state index in [-0.39, 0.29) is 22.1 Å². The van der Waals surface area contributed by atoms with Gasteiger partial charge in [0.2, 0.25) is 12.0 Å². The van der Waals surface area contributed by atoms with E-state index in [0.29, 0.717) is 28.8 Å². The van der Waals surface area contributed by atoms with Crippen molar-refractivity contribution in [3.05, 3.63) is 83.4 Å². The number of fused-ring (bicyclic) bond motifs is 1. The maximum absolute atomic E-state index is 13.5. The van der Waals surface area contributed by atoms with E-state index in [9.17, 15) is 18.0 Å². The van der Waals surface area contributed by atoms with Crippen molar-refractivity contribution in [3.8, 4) is 5.75 Å². The van der Waals surface area contributed by atoms with E-state index in [0.717, 1.165) is 22.9 Å². The molecule has 2 amide bonds. The van der Waals surface area contributed by atoms with Gasteiger partial charge in [-0.25, -0.2) is 13.1 Å². The molecule has 3 aromatic carbocycles. The van der Waals surface area contributed by atoms with Crippen LogP contribution >= 0.6 is 11.7 Å². The Labute approximate surface area is 244 Å². The van der Waals surface area contributed by atoms with Crippen LogP contribution in [-0.4, -0.2) is 48.0 Å². The second kappa shape index (κ2) is 12.0. The molecule has 4 aromatic rings. The monoisotopic (exact) mass is 594 g/mol. The summed E-state index contributed by atoms with van der Waals surface area (Å²) in [5.74, 6) is -0.479. The molecule has 11 heteroatoms. The van der Waals surface area contributed by atoms with Crippen LogP contribution in [0, 0.1) is 0 Å². The number of rotatable bonds is 9. The van der Waals surface area contributed by atoms with Gasteiger partial charge >= 0.3 is 0 Å². The van der Waals surface area contributed by atoms with Crippen molar-refractivity contribution in [2.45, 2.75) is 56.4 Å². The summed E-state index contributed by atoms with van der Waals surface area (Å²) >= 11 is 1.04. The summed E-state index contributed by atoms with van der Waals surface area (Å²) in [5.41, 5.74) is 3.42. The fraction of sp³-hybridized carbons (Fsp3) is 0.333. The van der Waals surface area contributed by atoms with Crippen molar-refractivity contribution in [2.75, 3.05) is 14.1 Å². The fourth-order valence-corrected chi connectivity index (χ4v) is 5.69. The van der Waals surface area contributed by atoms with Gasteiger partial charge in [0.1, 0.15) is 16.8 Å². The summed E-state index contributed by atoms with van der Waals surface area (Å²) in [6.07, 6.45) is -0.933. The molecule has 0 aliphatic heterocycles. The maximum Gasteiger partial charge on any atom is 0.279 e. The van der Waals surface area contributed by atoms with E-state index in [1.54, 1.807) is 61.5 Å². The van der Waals surface area contributed by atoms with Gasteiger partial charge in [-0.3, -0.25) is 9.59 Å². The Morgan fingerprint density at radius 3 is 2.15 bits per heavy atom. The summed E-state index contributed by atoms with van der Waals surface area (Å²) in [6, 6.07) is 18.6. The Morgan fingerprint density at radius 1 is 0.927 bits per heavy atom. The molecular formula is C30H34N4O5S2. The first-order chi connectivity index (χ1) is 19.2. The minimum Gasteiger partial charge on any atom is -0.476 e. The van der Waals surface area contributed by atoms with E-state index in [1.807, 2.05) is 39.8 Å². The highest BCUT2D eigenvalue weighted by Crippen LogP contribution is 2.29. The molecule has 0 aliphatic carbocycles. The molecule has 1 N–H and O–H groups in total. The predicted octanol–water partition coefficient (Wildman–Crippen LogP) is 5.20. The largest absolute Gasteiger partial charge is 0.476 e. The van der Waals surface area contributed by atoms with Crippen molar-refractivity contribution in [2.24, 2.45) is 0 Å². The third-order valence-electron chi connectivity index (χ3n) is 6.77. The lowest BCUT2D eigenvalue weighted by Gasteiger charge is -2.21. The average molecular weight is 595 g/mol. The third-order valence-corrected chi connectivity index (χ3v) is 8.69. The van der Waals surface area contributed by atoms with Crippen LogP contribution in [0.15, 0.2) is 71.6 Å². The number of carbonyl (C=O) groups is 2. The van der Waals surface area contributed by atoms with Gasteiger partial charge < -0.3 is 9.64 Å². The van der Waals surface area contributed by atoms with E-state index >= 15 is 0 Å². The molecule has 2 unspecified atom stereocenters. The highest BCUT2D eigenvalue weighted by Gasteiger charge is 2.29. The quantitative estimate of drug-likeness (QED) is 0.283. The molecule has 9 nitrogen and oxygen atoms in total. The van der Waals surface area contributed by atoms with E-state index in [1.165, 1.54) is 12.1 Å². The van der Waals surface area contributed by atoms with Crippen molar-refractivity contribution in [1.82, 2.24) is 18.4 Å². The van der Waals surface area contributed by atoms with Gasteiger partial charge in [0.05, 0.1) is 16.6 Å². The Hall–Kier alpha value is -3.83. The van der Waals surface area contributed by atoms with Crippen LogP contribution in [-0.2, 0) is 25.0 Å². The summed E-state index contributed by atoms with van der Waals surface area (Å²) in [7, 11) is -0.738. The zero-order valence-corrected chi connectivity index (χ0v) is 25.5. The lowest BCUT2D eigenvalue weighted by Crippen LogP contribution is -2.37. The zero-order chi connectivity index (χ0) is 29.9. The molecule has 216 valence electrons. The normalized spacial score (nSPS) is 13.4. The average Bonchev–Trinajstić information content (AvgIpc) is 3.39. The van der Waals surface area contributed by atoms with Crippen LogP contribution < -0.4 is 9.46 Å². The molecule has 1 aromatic heterocycles. The van der Waals surface area contributed by atoms with Crippen LogP contribution in [0.1, 0.15) is 62.8 Å². The van der Waals surface area contributed by atoms with Gasteiger partial charge in [0.15, 0.2) is 0 Å². The number of ether oxygens (including phenoxy) is 1. The molecule has 0 saturated carbocycles. The number of benzene rings is 3. The topological polar surface area (TPSA) is 119 Å². The molecule has 0 bridgehead atoms. The smallest absolute Gasteiger partial charge is 0.279 e. The highest BCUT2D eigenvalue weighted by molar-refractivity contribution is 7.90. The van der Waals surface area contributed by atoms with E-state index in [4.69, 9.17) is 4.74 Å². The zero-order valence-electron chi connectivity index (χ0n) is 23.9. The van der Waals surface area contributed by atoms with Gasteiger partial charge in [-0.1, -0.05) is 58.0 Å². The van der Waals surface area contributed by atoms with Crippen molar-refractivity contribution in [1.29, 1.82) is 0 Å². The molecule has 1 heterocycles. The maximum atomic E-state index is 13.5. The standard InChI is InChI=1S/C30H34N4O5S2/c1-19(17-27(35)34(5)6)20-7-12-23(13-8-20)39-28(21-9-16-25-26(18-21)32-40-31-25)29(36)33-41(37,38)24-14-10-22(11-15-24)30(2,3)4/h7-16,18-19,28H,17H2,1-6H3,(H,33,36). The molecule has 41 heavy (non-hydrogen) atoms. The van der Waals surface area contributed by atoms with Crippen molar-refractivity contribution >= 4 is 44.6 Å². The third kappa shape index (κ3) is 7.28. The van der Waals surface area contributed by atoms with Crippen LogP contribution in [0.3, 0.4) is 0 Å². The highest BCUT2D eigenvalue weighted by atomic mass is 32.2. The molecule has 0 saturated heterocycles. The number of nitrogens with zero attached hydrogens (tertiary/aromatic N) is 3. The second-order valence-corrected chi connectivity index (χ2v) is 13.4. The first-order valence-electron chi connectivity index (χ1n) is 13.1. The molecule has 2 atom stereocenters. The van der Waals surface area contributed by atoms with E-state index in [2.05, 4.69) is 13.5 Å². The first-order valence-corrected chi connectivity index (χ1v) is 15.3. The van der Waals surface area contributed by atoms with Gasteiger partial charge in [0, 0.05) is 26.1 Å². The van der Waals surface area contributed by atoms with E-state index < -0.39 is 22.0 Å². The van der Waals surface area contributed by atoms with Crippen LogP contribution in [0.4, 0.5) is 0 Å². The van der Waals surface area contributed by atoms with Gasteiger partial charge in [0.25, 0.3) is 15.9 Å². The molecule has 0 aliphatic rings. The summed E-state index contributed by atoms with van der Waals surface area (Å²) in [6.45, 7) is 8.06. The van der Waals surface area contributed by atoms with Gasteiger partial charge in [-0.2, -0.15) is 8.75 Å². The number of aromatic nitrogens is 2. The Balaban J connectivity index is 1.59. The van der Waals surface area contributed by atoms with Crippen molar-refractivity contribution in [3.63, 3.8) is 0 Å². The number of hydrogen-bond acceptors (Lipinski definition) is 8. The van der Waals surface area contributed by atoms with Crippen molar-refractivity contribution < 1.29 is 22.7 Å². The molecule has 0 spiro atoms. The molecule has 0 radical (unpaired) electrons. The minimum atomic E-state index is -4.18. The van der Waals surface area contributed by atoms with Gasteiger partial charge in [-0.15, -0.1) is 0 Å². The summed E-state index contributed by atoms with van der Waals surface area (Å²) in [5, 5.41) is 0. The number of hydrogen-bond donors (Lipinski definition) is 1. The fourth-order valence-electron chi connectivity index (χ4n) is 4.19. The lowest BCUT2D eigenvalue weighted by atomic mass is 9.87. The Morgan fingerprint density at radius 2 is 1.54 bits per heavy atom. The Kier molecular flexibility index (Phi) is 8.79. The van der Waals surface area contributed by atoms with Crippen LogP contribution in [0.2, 0.25) is 0 Å². The van der Waals surface area contributed by atoms with Crippen LogP contribution in [0.25, 0.3) is 11.0 Å². The first kappa shape index (κ1) is 30.1. The SMILES string of the molecule is CC(CC(=O)N(C)C)c1ccc(OC(C(=O)NS(=O)(=O)c2ccc(C(C)(C)C)cc2)c2ccc3nsnc3c2)cc1.